The number of carbonyl (C=O) groups excluding carboxylic acids is 1. The number of nitrogens with one attached hydrogen (secondary N) is 1. The number of aromatic nitrogens is 2. The second-order valence-corrected chi connectivity index (χ2v) is 5.84. The van der Waals surface area contributed by atoms with Crippen LogP contribution in [0, 0.1) is 13.8 Å². The molecule has 1 N–H and O–H groups in total. The van der Waals surface area contributed by atoms with Gasteiger partial charge in [0.2, 0.25) is 0 Å². The van der Waals surface area contributed by atoms with Crippen LogP contribution >= 0.6 is 0 Å². The molecule has 1 amide bonds. The highest BCUT2D eigenvalue weighted by molar-refractivity contribution is 6.04. The van der Waals surface area contributed by atoms with Gasteiger partial charge in [-0.1, -0.05) is 18.2 Å². The lowest BCUT2D eigenvalue weighted by Gasteiger charge is -2.14. The van der Waals surface area contributed by atoms with Crippen molar-refractivity contribution in [2.75, 3.05) is 12.4 Å². The van der Waals surface area contributed by atoms with Crippen LogP contribution in [0.1, 0.15) is 21.5 Å². The molecule has 6 nitrogen and oxygen atoms in total. The average molecular weight is 349 g/mol. The van der Waals surface area contributed by atoms with Crippen LogP contribution in [0.3, 0.4) is 0 Å². The van der Waals surface area contributed by atoms with Gasteiger partial charge in [-0.3, -0.25) is 14.2 Å². The summed E-state index contributed by atoms with van der Waals surface area (Å²) in [6.07, 6.45) is 3.23. The minimum absolute atomic E-state index is 0.0726. The minimum atomic E-state index is -0.487. The van der Waals surface area contributed by atoms with Crippen molar-refractivity contribution in [1.29, 1.82) is 0 Å². The van der Waals surface area contributed by atoms with E-state index < -0.39 is 11.5 Å². The Balaban J connectivity index is 2.07. The molecule has 0 aliphatic carbocycles. The summed E-state index contributed by atoms with van der Waals surface area (Å²) in [5, 5.41) is 2.72. The lowest BCUT2D eigenvalue weighted by molar-refractivity contribution is 0.102. The van der Waals surface area contributed by atoms with Crippen LogP contribution in [0.5, 0.6) is 5.75 Å². The van der Waals surface area contributed by atoms with E-state index in [0.29, 0.717) is 22.8 Å². The second kappa shape index (κ2) is 7.23. The molecular formula is C20H19N3O3. The third-order valence-corrected chi connectivity index (χ3v) is 4.11. The maximum Gasteiger partial charge on any atom is 0.268 e. The fourth-order valence-electron chi connectivity index (χ4n) is 2.71. The molecule has 0 atom stereocenters. The predicted octanol–water partition coefficient (Wildman–Crippen LogP) is 3.11. The molecule has 2 aromatic heterocycles. The number of pyridine rings is 2. The van der Waals surface area contributed by atoms with Gasteiger partial charge >= 0.3 is 0 Å². The van der Waals surface area contributed by atoms with E-state index in [9.17, 15) is 9.59 Å². The van der Waals surface area contributed by atoms with Gasteiger partial charge in [-0.2, -0.15) is 0 Å². The van der Waals surface area contributed by atoms with Crippen molar-refractivity contribution in [2.45, 2.75) is 13.8 Å². The third kappa shape index (κ3) is 3.21. The van der Waals surface area contributed by atoms with E-state index in [1.54, 1.807) is 49.6 Å². The number of rotatable bonds is 4. The summed E-state index contributed by atoms with van der Waals surface area (Å²) in [6.45, 7) is 3.57. The number of benzene rings is 1. The topological polar surface area (TPSA) is 73.2 Å². The molecule has 0 bridgehead atoms. The van der Waals surface area contributed by atoms with Gasteiger partial charge in [0.25, 0.3) is 11.5 Å². The zero-order chi connectivity index (χ0) is 18.7. The van der Waals surface area contributed by atoms with E-state index in [4.69, 9.17) is 4.74 Å². The zero-order valence-electron chi connectivity index (χ0n) is 14.8. The molecule has 0 fully saturated rings. The fraction of sp³-hybridized carbons (Fsp3) is 0.150. The lowest BCUT2D eigenvalue weighted by Crippen LogP contribution is -2.30. The smallest absolute Gasteiger partial charge is 0.268 e. The van der Waals surface area contributed by atoms with Gasteiger partial charge in [0, 0.05) is 12.4 Å². The van der Waals surface area contributed by atoms with Gasteiger partial charge in [0.1, 0.15) is 17.1 Å². The number of aryl methyl sites for hydroxylation is 2. The number of carbonyl (C=O) groups is 1. The van der Waals surface area contributed by atoms with E-state index in [-0.39, 0.29) is 5.56 Å². The summed E-state index contributed by atoms with van der Waals surface area (Å²) in [4.78, 5) is 29.9. The Morgan fingerprint density at radius 2 is 1.85 bits per heavy atom. The summed E-state index contributed by atoms with van der Waals surface area (Å²) in [5.74, 6) is 0.493. The van der Waals surface area contributed by atoms with Crippen molar-refractivity contribution in [3.63, 3.8) is 0 Å². The molecule has 0 saturated heterocycles. The summed E-state index contributed by atoms with van der Waals surface area (Å²) < 4.78 is 6.74. The first-order chi connectivity index (χ1) is 12.5. The average Bonchev–Trinajstić information content (AvgIpc) is 2.64. The molecular weight excluding hydrogens is 330 g/mol. The molecule has 0 spiro atoms. The SMILES string of the molecule is COc1ccccc1-n1ccc(C)c(C(=O)Nc2ncccc2C)c1=O. The Morgan fingerprint density at radius 1 is 1.08 bits per heavy atom. The Bertz CT molecular complexity index is 1020. The van der Waals surface area contributed by atoms with Gasteiger partial charge in [-0.05, 0) is 49.2 Å². The van der Waals surface area contributed by atoms with Crippen molar-refractivity contribution in [3.05, 3.63) is 81.9 Å². The maximum atomic E-state index is 13.0. The highest BCUT2D eigenvalue weighted by Crippen LogP contribution is 2.21. The maximum absolute atomic E-state index is 13.0. The second-order valence-electron chi connectivity index (χ2n) is 5.84. The number of anilines is 1. The number of hydrogen-bond donors (Lipinski definition) is 1. The Hall–Kier alpha value is -3.41. The largest absolute Gasteiger partial charge is 0.495 e. The third-order valence-electron chi connectivity index (χ3n) is 4.11. The number of methoxy groups -OCH3 is 1. The van der Waals surface area contributed by atoms with Crippen molar-refractivity contribution in [1.82, 2.24) is 9.55 Å². The Kier molecular flexibility index (Phi) is 4.84. The van der Waals surface area contributed by atoms with Crippen LogP contribution in [-0.2, 0) is 0 Å². The minimum Gasteiger partial charge on any atom is -0.495 e. The molecule has 0 aliphatic rings. The normalized spacial score (nSPS) is 10.4. The fourth-order valence-corrected chi connectivity index (χ4v) is 2.71. The summed E-state index contributed by atoms with van der Waals surface area (Å²) in [6, 6.07) is 12.5. The van der Waals surface area contributed by atoms with E-state index in [0.717, 1.165) is 5.56 Å². The van der Waals surface area contributed by atoms with Crippen molar-refractivity contribution in [3.8, 4) is 11.4 Å². The standard InChI is InChI=1S/C20H19N3O3/c1-13-10-12-23(15-8-4-5-9-16(15)26-3)20(25)17(13)19(24)22-18-14(2)7-6-11-21-18/h4-12H,1-3H3,(H,21,22,24). The summed E-state index contributed by atoms with van der Waals surface area (Å²) in [5.41, 5.74) is 1.64. The van der Waals surface area contributed by atoms with E-state index in [1.165, 1.54) is 11.7 Å². The quantitative estimate of drug-likeness (QED) is 0.785. The van der Waals surface area contributed by atoms with Crippen LogP contribution in [0.15, 0.2) is 59.7 Å². The number of nitrogens with zero attached hydrogens (tertiary/aromatic N) is 2. The van der Waals surface area contributed by atoms with Gasteiger partial charge in [-0.15, -0.1) is 0 Å². The van der Waals surface area contributed by atoms with Gasteiger partial charge in [0.15, 0.2) is 0 Å². The van der Waals surface area contributed by atoms with Gasteiger partial charge < -0.3 is 10.1 Å². The summed E-state index contributed by atoms with van der Waals surface area (Å²) >= 11 is 0. The van der Waals surface area contributed by atoms with Crippen LogP contribution < -0.4 is 15.6 Å². The molecule has 0 radical (unpaired) electrons. The zero-order valence-corrected chi connectivity index (χ0v) is 14.8. The van der Waals surface area contributed by atoms with Crippen LogP contribution in [0.25, 0.3) is 5.69 Å². The molecule has 6 heteroatoms. The molecule has 132 valence electrons. The monoisotopic (exact) mass is 349 g/mol. The lowest BCUT2D eigenvalue weighted by atomic mass is 10.1. The molecule has 2 heterocycles. The van der Waals surface area contributed by atoms with Gasteiger partial charge in [-0.25, -0.2) is 4.98 Å². The molecule has 1 aromatic carbocycles. The first kappa shape index (κ1) is 17.4. The number of amides is 1. The number of para-hydroxylation sites is 2. The van der Waals surface area contributed by atoms with Gasteiger partial charge in [0.05, 0.1) is 12.8 Å². The van der Waals surface area contributed by atoms with Crippen molar-refractivity contribution in [2.24, 2.45) is 0 Å². The molecule has 0 saturated carbocycles. The summed E-state index contributed by atoms with van der Waals surface area (Å²) in [7, 11) is 1.54. The van der Waals surface area contributed by atoms with Crippen LogP contribution in [0.2, 0.25) is 0 Å². The number of ether oxygens (including phenoxy) is 1. The van der Waals surface area contributed by atoms with E-state index in [2.05, 4.69) is 10.3 Å². The van der Waals surface area contributed by atoms with Crippen LogP contribution in [-0.4, -0.2) is 22.6 Å². The van der Waals surface area contributed by atoms with Crippen molar-refractivity contribution >= 4 is 11.7 Å². The Morgan fingerprint density at radius 3 is 2.58 bits per heavy atom. The first-order valence-electron chi connectivity index (χ1n) is 8.11. The molecule has 26 heavy (non-hydrogen) atoms. The molecule has 0 unspecified atom stereocenters. The molecule has 0 aliphatic heterocycles. The van der Waals surface area contributed by atoms with Crippen molar-refractivity contribution < 1.29 is 9.53 Å². The molecule has 3 aromatic rings. The predicted molar refractivity (Wildman–Crippen MR) is 100 cm³/mol. The first-order valence-corrected chi connectivity index (χ1v) is 8.11. The van der Waals surface area contributed by atoms with Crippen LogP contribution in [0.4, 0.5) is 5.82 Å². The van der Waals surface area contributed by atoms with E-state index in [1.807, 2.05) is 19.1 Å². The number of hydrogen-bond acceptors (Lipinski definition) is 4. The Labute approximate surface area is 151 Å². The molecule has 3 rings (SSSR count). The highest BCUT2D eigenvalue weighted by atomic mass is 16.5. The van der Waals surface area contributed by atoms with E-state index >= 15 is 0 Å². The highest BCUT2D eigenvalue weighted by Gasteiger charge is 2.18.